The van der Waals surface area contributed by atoms with Crippen LogP contribution >= 0.6 is 0 Å². The molecule has 0 amide bonds. The second kappa shape index (κ2) is 20.2. The van der Waals surface area contributed by atoms with Crippen molar-refractivity contribution in [2.24, 2.45) is 5.92 Å². The zero-order valence-corrected chi connectivity index (χ0v) is 28.2. The maximum Gasteiger partial charge on any atom is 0.314 e. The summed E-state index contributed by atoms with van der Waals surface area (Å²) in [5, 5.41) is 11.5. The van der Waals surface area contributed by atoms with Gasteiger partial charge in [-0.25, -0.2) is 0 Å². The minimum Gasteiger partial charge on any atom is -0.469 e. The zero-order chi connectivity index (χ0) is 33.9. The summed E-state index contributed by atoms with van der Waals surface area (Å²) in [5.41, 5.74) is 2.66. The highest BCUT2D eigenvalue weighted by molar-refractivity contribution is 5.73. The van der Waals surface area contributed by atoms with Gasteiger partial charge >= 0.3 is 11.9 Å². The van der Waals surface area contributed by atoms with Gasteiger partial charge in [-0.2, -0.15) is 0 Å². The van der Waals surface area contributed by atoms with Crippen LogP contribution in [0, 0.1) is 5.92 Å². The number of aliphatic hydroxyl groups excluding tert-OH is 1. The Hall–Kier alpha value is -4.26. The molecule has 0 heterocycles. The molecule has 0 spiro atoms. The van der Waals surface area contributed by atoms with E-state index in [1.807, 2.05) is 121 Å². The molecule has 1 N–H and O–H groups in total. The second-order valence-corrected chi connectivity index (χ2v) is 12.3. The van der Waals surface area contributed by atoms with Gasteiger partial charge in [-0.15, -0.1) is 0 Å². The van der Waals surface area contributed by atoms with Crippen molar-refractivity contribution in [3.63, 3.8) is 0 Å². The minimum atomic E-state index is -1.02. The number of esters is 2. The number of hydrogen-bond acceptors (Lipinski definition) is 6. The summed E-state index contributed by atoms with van der Waals surface area (Å²) in [6, 6.07) is 39.7. The molecule has 2 atom stereocenters. The van der Waals surface area contributed by atoms with Crippen LogP contribution in [0.2, 0.25) is 0 Å². The van der Waals surface area contributed by atoms with Gasteiger partial charge in [0.15, 0.2) is 0 Å². The monoisotopic (exact) mass is 650 g/mol. The lowest BCUT2D eigenvalue weighted by atomic mass is 9.80. The van der Waals surface area contributed by atoms with E-state index in [1.165, 1.54) is 7.11 Å². The third-order valence-electron chi connectivity index (χ3n) is 8.87. The summed E-state index contributed by atoms with van der Waals surface area (Å²) in [6.07, 6.45) is 8.06. The van der Waals surface area contributed by atoms with Gasteiger partial charge in [0.2, 0.25) is 0 Å². The van der Waals surface area contributed by atoms with Crippen LogP contribution < -0.4 is 0 Å². The summed E-state index contributed by atoms with van der Waals surface area (Å²) in [6.45, 7) is 0.1000. The van der Waals surface area contributed by atoms with Crippen molar-refractivity contribution in [2.75, 3.05) is 13.7 Å². The Kier molecular flexibility index (Phi) is 15.4. The molecule has 0 bridgehead atoms. The molecule has 0 saturated carbocycles. The third-order valence-corrected chi connectivity index (χ3v) is 8.87. The molecule has 254 valence electrons. The fourth-order valence-corrected chi connectivity index (χ4v) is 6.14. The number of carbonyl (C=O) groups excluding carboxylic acids is 2. The summed E-state index contributed by atoms with van der Waals surface area (Å²) in [7, 11) is 1.43. The number of ether oxygens (including phenoxy) is 3. The Morgan fingerprint density at radius 2 is 1.06 bits per heavy atom. The Morgan fingerprint density at radius 1 is 0.625 bits per heavy atom. The van der Waals surface area contributed by atoms with Gasteiger partial charge in [0.05, 0.1) is 19.8 Å². The molecule has 0 aliphatic rings. The Bertz CT molecular complexity index is 1360. The van der Waals surface area contributed by atoms with Crippen LogP contribution in [0.4, 0.5) is 0 Å². The highest BCUT2D eigenvalue weighted by Gasteiger charge is 2.40. The van der Waals surface area contributed by atoms with Gasteiger partial charge in [0.25, 0.3) is 0 Å². The van der Waals surface area contributed by atoms with Crippen molar-refractivity contribution in [3.8, 4) is 0 Å². The van der Waals surface area contributed by atoms with Crippen molar-refractivity contribution in [2.45, 2.75) is 82.5 Å². The van der Waals surface area contributed by atoms with E-state index in [-0.39, 0.29) is 19.2 Å². The SMILES string of the molecule is COC(=O)CCCCCCCCCC[C@@H](O)[C@H](COC(c1ccccc1)(c1ccccc1)c1ccccc1)C(=O)OCc1ccccc1. The quantitative estimate of drug-likeness (QED) is 0.0552. The molecule has 4 aromatic carbocycles. The summed E-state index contributed by atoms with van der Waals surface area (Å²) >= 11 is 0. The first-order valence-electron chi connectivity index (χ1n) is 17.3. The number of methoxy groups -OCH3 is 1. The Labute approximate surface area is 286 Å². The van der Waals surface area contributed by atoms with Crippen LogP contribution in [0.25, 0.3) is 0 Å². The number of rotatable bonds is 21. The second-order valence-electron chi connectivity index (χ2n) is 12.3. The molecular weight excluding hydrogens is 600 g/mol. The van der Waals surface area contributed by atoms with Crippen LogP contribution in [-0.4, -0.2) is 36.9 Å². The van der Waals surface area contributed by atoms with E-state index < -0.39 is 23.6 Å². The van der Waals surface area contributed by atoms with E-state index in [2.05, 4.69) is 0 Å². The first-order valence-corrected chi connectivity index (χ1v) is 17.3. The van der Waals surface area contributed by atoms with Gasteiger partial charge in [0, 0.05) is 6.42 Å². The molecule has 0 saturated heterocycles. The van der Waals surface area contributed by atoms with E-state index in [4.69, 9.17) is 14.2 Å². The third kappa shape index (κ3) is 10.9. The van der Waals surface area contributed by atoms with Gasteiger partial charge in [-0.05, 0) is 35.1 Å². The molecule has 0 aromatic heterocycles. The molecule has 0 aliphatic carbocycles. The van der Waals surface area contributed by atoms with E-state index >= 15 is 0 Å². The van der Waals surface area contributed by atoms with Crippen LogP contribution in [-0.2, 0) is 36.0 Å². The van der Waals surface area contributed by atoms with Crippen molar-refractivity contribution in [1.29, 1.82) is 0 Å². The predicted octanol–water partition coefficient (Wildman–Crippen LogP) is 8.79. The number of hydrogen-bond donors (Lipinski definition) is 1. The number of benzene rings is 4. The first kappa shape index (κ1) is 36.6. The molecule has 6 nitrogen and oxygen atoms in total. The van der Waals surface area contributed by atoms with Gasteiger partial charge < -0.3 is 19.3 Å². The van der Waals surface area contributed by atoms with Crippen LogP contribution in [0.5, 0.6) is 0 Å². The highest BCUT2D eigenvalue weighted by Crippen LogP contribution is 2.41. The number of unbranched alkanes of at least 4 members (excludes halogenated alkanes) is 7. The van der Waals surface area contributed by atoms with Gasteiger partial charge in [-0.3, -0.25) is 9.59 Å². The summed E-state index contributed by atoms with van der Waals surface area (Å²) in [4.78, 5) is 25.0. The molecule has 48 heavy (non-hydrogen) atoms. The van der Waals surface area contributed by atoms with Crippen LogP contribution in [0.15, 0.2) is 121 Å². The van der Waals surface area contributed by atoms with E-state index in [9.17, 15) is 14.7 Å². The molecule has 4 rings (SSSR count). The maximum absolute atomic E-state index is 13.7. The predicted molar refractivity (Wildman–Crippen MR) is 189 cm³/mol. The lowest BCUT2D eigenvalue weighted by molar-refractivity contribution is -0.159. The van der Waals surface area contributed by atoms with Gasteiger partial charge in [-0.1, -0.05) is 166 Å². The molecule has 0 radical (unpaired) electrons. The van der Waals surface area contributed by atoms with Crippen LogP contribution in [0.1, 0.15) is 86.5 Å². The zero-order valence-electron chi connectivity index (χ0n) is 28.2. The fraction of sp³-hybridized carbons (Fsp3) is 0.381. The van der Waals surface area contributed by atoms with Crippen molar-refractivity contribution >= 4 is 11.9 Å². The lowest BCUT2D eigenvalue weighted by Gasteiger charge is -2.37. The van der Waals surface area contributed by atoms with E-state index in [0.717, 1.165) is 73.6 Å². The molecule has 0 aliphatic heterocycles. The van der Waals surface area contributed by atoms with Crippen molar-refractivity contribution in [1.82, 2.24) is 0 Å². The summed E-state index contributed by atoms with van der Waals surface area (Å²) < 4.78 is 17.5. The van der Waals surface area contributed by atoms with Gasteiger partial charge in [0.1, 0.15) is 18.1 Å². The molecular formula is C42H50O6. The topological polar surface area (TPSA) is 82.1 Å². The first-order chi connectivity index (χ1) is 23.5. The molecule has 6 heteroatoms. The number of carbonyl (C=O) groups is 2. The number of aliphatic hydroxyl groups is 1. The molecule has 0 unspecified atom stereocenters. The maximum atomic E-state index is 13.7. The minimum absolute atomic E-state index is 0.0287. The smallest absolute Gasteiger partial charge is 0.314 e. The Morgan fingerprint density at radius 3 is 1.54 bits per heavy atom. The van der Waals surface area contributed by atoms with Crippen molar-refractivity contribution < 1.29 is 28.9 Å². The lowest BCUT2D eigenvalue weighted by Crippen LogP contribution is -2.40. The normalized spacial score (nSPS) is 12.6. The molecule has 0 fully saturated rings. The van der Waals surface area contributed by atoms with Crippen molar-refractivity contribution in [3.05, 3.63) is 144 Å². The van der Waals surface area contributed by atoms with E-state index in [1.54, 1.807) is 0 Å². The largest absolute Gasteiger partial charge is 0.469 e. The van der Waals surface area contributed by atoms with Crippen LogP contribution in [0.3, 0.4) is 0 Å². The highest BCUT2D eigenvalue weighted by atomic mass is 16.5. The average molecular weight is 651 g/mol. The summed E-state index contributed by atoms with van der Waals surface area (Å²) in [5.74, 6) is -1.49. The Balaban J connectivity index is 1.46. The molecule has 4 aromatic rings. The fourth-order valence-electron chi connectivity index (χ4n) is 6.14. The average Bonchev–Trinajstić information content (AvgIpc) is 3.14. The van der Waals surface area contributed by atoms with E-state index in [0.29, 0.717) is 12.8 Å². The standard InChI is InChI=1S/C42H50O6/c1-46-40(44)31-21-7-5-3-2-4-6-20-30-39(43)38(41(45)47-32-34-22-12-8-13-23-34)33-48-42(35-24-14-9-15-25-35,36-26-16-10-17-27-36)37-28-18-11-19-29-37/h8-19,22-29,38-39,43H,2-7,20-21,30-33H2,1H3/t38-,39+/m0/s1.